The van der Waals surface area contributed by atoms with E-state index in [9.17, 15) is 0 Å². The second kappa shape index (κ2) is 14.6. The van der Waals surface area contributed by atoms with Crippen molar-refractivity contribution in [3.05, 3.63) is 200 Å². The molecule has 0 saturated carbocycles. The van der Waals surface area contributed by atoms with Crippen molar-refractivity contribution in [2.45, 2.75) is 0 Å². The van der Waals surface area contributed by atoms with Gasteiger partial charge in [-0.2, -0.15) is 0 Å². The van der Waals surface area contributed by atoms with Crippen LogP contribution in [-0.4, -0.2) is 34.5 Å². The number of benzene rings is 8. The van der Waals surface area contributed by atoms with E-state index >= 15 is 0 Å². The number of rotatable bonds is 7. The third kappa shape index (κ3) is 6.00. The molecule has 0 spiro atoms. The second-order valence-electron chi connectivity index (χ2n) is 15.1. The molecule has 8 aromatic carbocycles. The lowest BCUT2D eigenvalue weighted by Crippen LogP contribution is -2.05. The Bertz CT molecular complexity index is 3510. The van der Waals surface area contributed by atoms with E-state index in [1.54, 1.807) is 0 Å². The summed E-state index contributed by atoms with van der Waals surface area (Å²) >= 11 is 0. The summed E-state index contributed by atoms with van der Waals surface area (Å²) in [4.78, 5) is 30.8. The fourth-order valence-electron chi connectivity index (χ4n) is 8.40. The third-order valence-corrected chi connectivity index (χ3v) is 11.3. The molecule has 4 heterocycles. The molecule has 8 nitrogen and oxygen atoms in total. The Balaban J connectivity index is 1.18. The van der Waals surface area contributed by atoms with Gasteiger partial charge in [0.2, 0.25) is 0 Å². The number of hydrogen-bond donors (Lipinski definition) is 0. The number of aromatic nitrogens is 7. The maximum absolute atomic E-state index is 6.77. The van der Waals surface area contributed by atoms with Crippen LogP contribution in [0.3, 0.4) is 0 Å². The maximum Gasteiger partial charge on any atom is 0.166 e. The van der Waals surface area contributed by atoms with Crippen molar-refractivity contribution in [3.8, 4) is 74.0 Å². The average Bonchev–Trinajstić information content (AvgIpc) is 3.91. The van der Waals surface area contributed by atoms with Gasteiger partial charge in [0, 0.05) is 54.9 Å². The molecule has 0 radical (unpaired) electrons. The van der Waals surface area contributed by atoms with Crippen LogP contribution in [0.5, 0.6) is 0 Å². The van der Waals surface area contributed by atoms with E-state index in [0.717, 1.165) is 82.8 Å². The maximum atomic E-state index is 6.77. The van der Waals surface area contributed by atoms with E-state index in [2.05, 4.69) is 71.3 Å². The highest BCUT2D eigenvalue weighted by atomic mass is 16.3. The van der Waals surface area contributed by atoms with Crippen LogP contribution < -0.4 is 0 Å². The first kappa shape index (κ1) is 35.3. The summed E-state index contributed by atoms with van der Waals surface area (Å²) < 4.78 is 9.06. The molecule has 0 aliphatic carbocycles. The van der Waals surface area contributed by atoms with Crippen LogP contribution in [-0.2, 0) is 0 Å². The van der Waals surface area contributed by atoms with Crippen LogP contribution in [0.25, 0.3) is 118 Å². The van der Waals surface area contributed by atoms with E-state index < -0.39 is 0 Å². The summed E-state index contributed by atoms with van der Waals surface area (Å²) in [5.74, 6) is 3.29. The Labute approximate surface area is 355 Å². The standard InChI is InChI=1S/C54H33N7O/c1-5-17-34(18-6-1)49-55-50(35-19-7-2-8-20-35)58-53(57-49)38-29-32-45(43(33-38)54-59-51(36-21-9-3-10-22-36)56-52(60-54)37-23-11-4-12-24-37)61-44-27-15-13-25-39(44)41-30-31-42-40-26-14-16-28-46(40)62-48(42)47(41)61/h1-33H. The van der Waals surface area contributed by atoms with Gasteiger partial charge >= 0.3 is 0 Å². The van der Waals surface area contributed by atoms with Crippen molar-refractivity contribution in [1.82, 2.24) is 34.5 Å². The van der Waals surface area contributed by atoms with Gasteiger partial charge in [-0.1, -0.05) is 164 Å². The minimum Gasteiger partial charge on any atom is -0.454 e. The molecule has 0 aliphatic heterocycles. The molecule has 0 fully saturated rings. The van der Waals surface area contributed by atoms with Gasteiger partial charge in [0.05, 0.1) is 16.7 Å². The summed E-state index contributed by atoms with van der Waals surface area (Å²) in [5, 5.41) is 4.28. The van der Waals surface area contributed by atoms with Gasteiger partial charge in [-0.3, -0.25) is 0 Å². The average molecular weight is 796 g/mol. The van der Waals surface area contributed by atoms with Crippen molar-refractivity contribution in [2.75, 3.05) is 0 Å². The highest BCUT2D eigenvalue weighted by Crippen LogP contribution is 2.43. The van der Waals surface area contributed by atoms with Gasteiger partial charge in [-0.25, -0.2) is 29.9 Å². The fourth-order valence-corrected chi connectivity index (χ4v) is 8.40. The molecule has 0 unspecified atom stereocenters. The summed E-state index contributed by atoms with van der Waals surface area (Å²) in [5.41, 5.74) is 9.54. The summed E-state index contributed by atoms with van der Waals surface area (Å²) in [6.07, 6.45) is 0. The van der Waals surface area contributed by atoms with Crippen LogP contribution in [0.4, 0.5) is 0 Å². The first-order valence-corrected chi connectivity index (χ1v) is 20.5. The van der Waals surface area contributed by atoms with Crippen molar-refractivity contribution in [3.63, 3.8) is 0 Å². The molecule has 0 amide bonds. The highest BCUT2D eigenvalue weighted by molar-refractivity contribution is 6.21. The van der Waals surface area contributed by atoms with Gasteiger partial charge in [-0.15, -0.1) is 0 Å². The van der Waals surface area contributed by atoms with Crippen molar-refractivity contribution in [2.24, 2.45) is 0 Å². The molecule has 0 saturated heterocycles. The number of hydrogen-bond acceptors (Lipinski definition) is 7. The monoisotopic (exact) mass is 795 g/mol. The lowest BCUT2D eigenvalue weighted by molar-refractivity contribution is 0.671. The zero-order chi connectivity index (χ0) is 41.0. The van der Waals surface area contributed by atoms with E-state index in [0.29, 0.717) is 34.9 Å². The van der Waals surface area contributed by atoms with Crippen molar-refractivity contribution >= 4 is 43.7 Å². The Hall–Kier alpha value is -8.62. The Morgan fingerprint density at radius 2 is 0.758 bits per heavy atom. The van der Waals surface area contributed by atoms with Gasteiger partial charge in [0.25, 0.3) is 0 Å². The van der Waals surface area contributed by atoms with E-state index in [1.807, 2.05) is 133 Å². The van der Waals surface area contributed by atoms with E-state index in [-0.39, 0.29) is 0 Å². The lowest BCUT2D eigenvalue weighted by atomic mass is 10.0. The van der Waals surface area contributed by atoms with Crippen LogP contribution in [0, 0.1) is 0 Å². The van der Waals surface area contributed by atoms with Crippen LogP contribution >= 0.6 is 0 Å². The molecule has 62 heavy (non-hydrogen) atoms. The Morgan fingerprint density at radius 3 is 1.31 bits per heavy atom. The molecule has 8 heteroatoms. The largest absolute Gasteiger partial charge is 0.454 e. The molecule has 0 N–H and O–H groups in total. The first-order valence-electron chi connectivity index (χ1n) is 20.5. The van der Waals surface area contributed by atoms with Crippen molar-refractivity contribution < 1.29 is 4.42 Å². The van der Waals surface area contributed by atoms with Crippen LogP contribution in [0.1, 0.15) is 0 Å². The minimum atomic E-state index is 0.498. The smallest absolute Gasteiger partial charge is 0.166 e. The molecule has 12 aromatic rings. The normalized spacial score (nSPS) is 11.5. The number of fused-ring (bicyclic) bond motifs is 7. The molecule has 12 rings (SSSR count). The lowest BCUT2D eigenvalue weighted by Gasteiger charge is -2.16. The van der Waals surface area contributed by atoms with Crippen LogP contribution in [0.2, 0.25) is 0 Å². The Morgan fingerprint density at radius 1 is 0.323 bits per heavy atom. The van der Waals surface area contributed by atoms with Gasteiger partial charge in [0.15, 0.2) is 40.5 Å². The molecule has 4 aromatic heterocycles. The highest BCUT2D eigenvalue weighted by Gasteiger charge is 2.24. The topological polar surface area (TPSA) is 95.4 Å². The quantitative estimate of drug-likeness (QED) is 0.158. The number of nitrogens with zero attached hydrogens (tertiary/aromatic N) is 7. The summed E-state index contributed by atoms with van der Waals surface area (Å²) in [6.45, 7) is 0. The third-order valence-electron chi connectivity index (χ3n) is 11.3. The zero-order valence-corrected chi connectivity index (χ0v) is 33.1. The SMILES string of the molecule is c1ccc(-c2nc(-c3ccccc3)nc(-c3ccc(-n4c5ccccc5c5ccc6c7ccccc7oc6c54)c(-c4nc(-c5ccccc5)nc(-c5ccccc5)n4)c3)n2)cc1. The number of para-hydroxylation sites is 2. The second-order valence-corrected chi connectivity index (χ2v) is 15.1. The van der Waals surface area contributed by atoms with E-state index in [1.165, 1.54) is 0 Å². The van der Waals surface area contributed by atoms with Gasteiger partial charge in [-0.05, 0) is 36.4 Å². The first-order chi connectivity index (χ1) is 30.7. The Kier molecular flexibility index (Phi) is 8.31. The molecule has 290 valence electrons. The zero-order valence-electron chi connectivity index (χ0n) is 33.1. The number of furan rings is 1. The molecule has 0 atom stereocenters. The molecular formula is C54H33N7O. The van der Waals surface area contributed by atoms with Gasteiger partial charge in [0.1, 0.15) is 5.58 Å². The summed E-state index contributed by atoms with van der Waals surface area (Å²) in [7, 11) is 0. The minimum absolute atomic E-state index is 0.498. The fraction of sp³-hybridized carbons (Fsp3) is 0. The molecule has 0 aliphatic rings. The predicted octanol–water partition coefficient (Wildman–Crippen LogP) is 13.1. The van der Waals surface area contributed by atoms with E-state index in [4.69, 9.17) is 34.3 Å². The van der Waals surface area contributed by atoms with Gasteiger partial charge < -0.3 is 8.98 Å². The van der Waals surface area contributed by atoms with Crippen molar-refractivity contribution in [1.29, 1.82) is 0 Å². The predicted molar refractivity (Wildman–Crippen MR) is 247 cm³/mol. The summed E-state index contributed by atoms with van der Waals surface area (Å²) in [6, 6.07) is 67.5. The molecular weight excluding hydrogens is 763 g/mol. The van der Waals surface area contributed by atoms with Crippen LogP contribution in [0.15, 0.2) is 205 Å². The molecule has 0 bridgehead atoms.